The first-order valence-electron chi connectivity index (χ1n) is 11.1. The van der Waals surface area contributed by atoms with Gasteiger partial charge < -0.3 is 15.2 Å². The highest BCUT2D eigenvalue weighted by Crippen LogP contribution is 2.38. The Hall–Kier alpha value is -3.22. The highest BCUT2D eigenvalue weighted by Gasteiger charge is 2.46. The number of carbonyl (C=O) groups excluding carboxylic acids is 1. The van der Waals surface area contributed by atoms with E-state index in [1.54, 1.807) is 14.0 Å². The van der Waals surface area contributed by atoms with Crippen LogP contribution >= 0.6 is 0 Å². The second-order valence-corrected chi connectivity index (χ2v) is 8.74. The van der Waals surface area contributed by atoms with Crippen molar-refractivity contribution in [2.45, 2.75) is 37.6 Å². The summed E-state index contributed by atoms with van der Waals surface area (Å²) in [5, 5.41) is 14.4. The van der Waals surface area contributed by atoms with Crippen molar-refractivity contribution in [3.05, 3.63) is 101 Å². The van der Waals surface area contributed by atoms with Crippen molar-refractivity contribution in [3.8, 4) is 5.75 Å². The molecule has 1 saturated heterocycles. The molecule has 1 aliphatic rings. The van der Waals surface area contributed by atoms with E-state index in [1.807, 2.05) is 54.6 Å². The van der Waals surface area contributed by atoms with Gasteiger partial charge in [-0.3, -0.25) is 9.69 Å². The van der Waals surface area contributed by atoms with Crippen LogP contribution in [-0.2, 0) is 6.54 Å². The Balaban J connectivity index is 1.67. The third-order valence-electron chi connectivity index (χ3n) is 6.34. The number of nitrogens with one attached hydrogen (secondary N) is 1. The van der Waals surface area contributed by atoms with E-state index in [9.17, 15) is 14.3 Å². The lowest BCUT2D eigenvalue weighted by Crippen LogP contribution is -2.62. The van der Waals surface area contributed by atoms with Crippen LogP contribution in [0.2, 0.25) is 0 Å². The number of hydrogen-bond acceptors (Lipinski definition) is 4. The zero-order valence-corrected chi connectivity index (χ0v) is 18.9. The SMILES string of the molecule is COc1cccc(CN2CC[C@@](C)(O)[C@@H](NC(=O)c3ccc(F)cc3)[C@@H]2c2ccccc2)c1. The molecule has 1 heterocycles. The molecule has 0 aromatic heterocycles. The van der Waals surface area contributed by atoms with E-state index in [0.717, 1.165) is 16.9 Å². The van der Waals surface area contributed by atoms with E-state index in [-0.39, 0.29) is 11.9 Å². The Morgan fingerprint density at radius 3 is 2.55 bits per heavy atom. The van der Waals surface area contributed by atoms with Gasteiger partial charge in [0.25, 0.3) is 5.91 Å². The van der Waals surface area contributed by atoms with Crippen LogP contribution in [0.5, 0.6) is 5.75 Å². The maximum atomic E-state index is 13.3. The number of hydrogen-bond donors (Lipinski definition) is 2. The fourth-order valence-electron chi connectivity index (χ4n) is 4.51. The van der Waals surface area contributed by atoms with Crippen molar-refractivity contribution < 1.29 is 19.0 Å². The van der Waals surface area contributed by atoms with Gasteiger partial charge in [-0.05, 0) is 60.9 Å². The standard InChI is InChI=1S/C27H29FN2O3/c1-27(32)15-16-30(18-19-7-6-10-23(17-19)33-2)24(20-8-4-3-5-9-20)25(27)29-26(31)21-11-13-22(28)14-12-21/h3-14,17,24-25,32H,15-16,18H2,1-2H3,(H,29,31)/t24-,25-,27+/m0/s1. The Kier molecular flexibility index (Phi) is 6.77. The van der Waals surface area contributed by atoms with Crippen molar-refractivity contribution in [3.63, 3.8) is 0 Å². The average Bonchev–Trinajstić information content (AvgIpc) is 2.82. The topological polar surface area (TPSA) is 61.8 Å². The molecule has 0 saturated carbocycles. The van der Waals surface area contributed by atoms with Crippen LogP contribution in [0.3, 0.4) is 0 Å². The van der Waals surface area contributed by atoms with Crippen LogP contribution in [0.4, 0.5) is 4.39 Å². The van der Waals surface area contributed by atoms with E-state index >= 15 is 0 Å². The highest BCUT2D eigenvalue weighted by atomic mass is 19.1. The minimum absolute atomic E-state index is 0.259. The summed E-state index contributed by atoms with van der Waals surface area (Å²) >= 11 is 0. The van der Waals surface area contributed by atoms with Crippen LogP contribution in [0.15, 0.2) is 78.9 Å². The Morgan fingerprint density at radius 1 is 1.12 bits per heavy atom. The van der Waals surface area contributed by atoms with E-state index in [0.29, 0.717) is 25.1 Å². The third-order valence-corrected chi connectivity index (χ3v) is 6.34. The molecule has 4 rings (SSSR count). The molecule has 1 amide bonds. The van der Waals surface area contributed by atoms with Crippen molar-refractivity contribution >= 4 is 5.91 Å². The number of nitrogens with zero attached hydrogens (tertiary/aromatic N) is 1. The van der Waals surface area contributed by atoms with Crippen LogP contribution in [0.1, 0.15) is 40.9 Å². The van der Waals surface area contributed by atoms with Gasteiger partial charge in [0.1, 0.15) is 11.6 Å². The minimum Gasteiger partial charge on any atom is -0.497 e. The highest BCUT2D eigenvalue weighted by molar-refractivity contribution is 5.94. The van der Waals surface area contributed by atoms with E-state index in [4.69, 9.17) is 4.74 Å². The summed E-state index contributed by atoms with van der Waals surface area (Å²) < 4.78 is 18.7. The molecule has 0 aliphatic carbocycles. The number of likely N-dealkylation sites (tertiary alicyclic amines) is 1. The predicted molar refractivity (Wildman–Crippen MR) is 125 cm³/mol. The molecule has 1 aliphatic heterocycles. The summed E-state index contributed by atoms with van der Waals surface area (Å²) in [5.74, 6) is 0.0428. The minimum atomic E-state index is -1.12. The summed E-state index contributed by atoms with van der Waals surface area (Å²) in [6, 6.07) is 22.4. The molecule has 3 aromatic carbocycles. The summed E-state index contributed by atoms with van der Waals surface area (Å²) in [6.45, 7) is 3.06. The summed E-state index contributed by atoms with van der Waals surface area (Å²) in [7, 11) is 1.64. The Bertz CT molecular complexity index is 1090. The Labute approximate surface area is 193 Å². The first-order chi connectivity index (χ1) is 15.9. The fourth-order valence-corrected chi connectivity index (χ4v) is 4.51. The molecule has 6 heteroatoms. The van der Waals surface area contributed by atoms with Crippen LogP contribution in [0.25, 0.3) is 0 Å². The summed E-state index contributed by atoms with van der Waals surface area (Å²) in [6.07, 6.45) is 0.495. The second kappa shape index (κ2) is 9.73. The maximum Gasteiger partial charge on any atom is 0.251 e. The number of amides is 1. The summed E-state index contributed by atoms with van der Waals surface area (Å²) in [4.78, 5) is 15.3. The third kappa shape index (κ3) is 5.24. The molecule has 0 spiro atoms. The van der Waals surface area contributed by atoms with Gasteiger partial charge in [-0.2, -0.15) is 0 Å². The van der Waals surface area contributed by atoms with Crippen molar-refractivity contribution in [2.24, 2.45) is 0 Å². The quantitative estimate of drug-likeness (QED) is 0.589. The molecule has 1 fully saturated rings. The molecule has 172 valence electrons. The van der Waals surface area contributed by atoms with Crippen molar-refractivity contribution in [1.82, 2.24) is 10.2 Å². The normalized spacial score (nSPS) is 23.2. The lowest BCUT2D eigenvalue weighted by Gasteiger charge is -2.49. The monoisotopic (exact) mass is 448 g/mol. The number of methoxy groups -OCH3 is 1. The van der Waals surface area contributed by atoms with Crippen LogP contribution < -0.4 is 10.1 Å². The van der Waals surface area contributed by atoms with Crippen molar-refractivity contribution in [1.29, 1.82) is 0 Å². The number of benzene rings is 3. The zero-order chi connectivity index (χ0) is 23.4. The largest absolute Gasteiger partial charge is 0.497 e. The summed E-state index contributed by atoms with van der Waals surface area (Å²) in [5.41, 5.74) is 1.32. The number of piperidine rings is 1. The Morgan fingerprint density at radius 2 is 1.85 bits per heavy atom. The van der Waals surface area contributed by atoms with Crippen molar-refractivity contribution in [2.75, 3.05) is 13.7 Å². The molecule has 0 unspecified atom stereocenters. The fraction of sp³-hybridized carbons (Fsp3) is 0.296. The number of aliphatic hydroxyl groups is 1. The van der Waals surface area contributed by atoms with Gasteiger partial charge in [0.15, 0.2) is 0 Å². The lowest BCUT2D eigenvalue weighted by molar-refractivity contribution is -0.0665. The molecule has 5 nitrogen and oxygen atoms in total. The van der Waals surface area contributed by atoms with Crippen LogP contribution in [0, 0.1) is 5.82 Å². The molecule has 2 N–H and O–H groups in total. The smallest absolute Gasteiger partial charge is 0.251 e. The molecule has 0 bridgehead atoms. The second-order valence-electron chi connectivity index (χ2n) is 8.74. The van der Waals surface area contributed by atoms with Gasteiger partial charge in [0, 0.05) is 18.7 Å². The molecular weight excluding hydrogens is 419 g/mol. The van der Waals surface area contributed by atoms with E-state index in [2.05, 4.69) is 10.2 Å². The van der Waals surface area contributed by atoms with Gasteiger partial charge in [0.05, 0.1) is 24.8 Å². The molecule has 3 atom stereocenters. The molecule has 3 aromatic rings. The first-order valence-corrected chi connectivity index (χ1v) is 11.1. The number of halogens is 1. The first kappa shape index (κ1) is 23.0. The average molecular weight is 449 g/mol. The lowest BCUT2D eigenvalue weighted by atomic mass is 9.79. The molecular formula is C27H29FN2O3. The predicted octanol–water partition coefficient (Wildman–Crippen LogP) is 4.33. The number of carbonyl (C=O) groups is 1. The van der Waals surface area contributed by atoms with E-state index < -0.39 is 17.5 Å². The van der Waals surface area contributed by atoms with Gasteiger partial charge in [-0.1, -0.05) is 42.5 Å². The number of ether oxygens (including phenoxy) is 1. The molecule has 33 heavy (non-hydrogen) atoms. The number of rotatable bonds is 6. The zero-order valence-electron chi connectivity index (χ0n) is 18.9. The van der Waals surface area contributed by atoms with Gasteiger partial charge in [-0.15, -0.1) is 0 Å². The van der Waals surface area contributed by atoms with Gasteiger partial charge in [0.2, 0.25) is 0 Å². The van der Waals surface area contributed by atoms with Gasteiger partial charge in [-0.25, -0.2) is 4.39 Å². The van der Waals surface area contributed by atoms with E-state index in [1.165, 1.54) is 24.3 Å². The van der Waals surface area contributed by atoms with Crippen LogP contribution in [-0.4, -0.2) is 41.2 Å². The maximum absolute atomic E-state index is 13.3. The molecule has 0 radical (unpaired) electrons. The van der Waals surface area contributed by atoms with Gasteiger partial charge >= 0.3 is 0 Å².